The van der Waals surface area contributed by atoms with E-state index in [-0.39, 0.29) is 24.7 Å². The van der Waals surface area contributed by atoms with E-state index in [1.807, 2.05) is 32.9 Å². The zero-order valence-electron chi connectivity index (χ0n) is 15.0. The number of hydrogen-bond donors (Lipinski definition) is 2. The topological polar surface area (TPSA) is 94.6 Å². The molecular formula is C18H25ClN2O4. The van der Waals surface area contributed by atoms with Gasteiger partial charge in [0.05, 0.1) is 7.11 Å². The Bertz CT molecular complexity index is 809. The molecule has 3 N–H and O–H groups in total. The maximum Gasteiger partial charge on any atom is 0.339 e. The third kappa shape index (κ3) is 5.47. The molecule has 0 fully saturated rings. The van der Waals surface area contributed by atoms with Crippen molar-refractivity contribution < 1.29 is 13.9 Å². The highest BCUT2D eigenvalue weighted by molar-refractivity contribution is 5.85. The first kappa shape index (κ1) is 21.0. The van der Waals surface area contributed by atoms with Crippen LogP contribution in [0.2, 0.25) is 0 Å². The molecule has 0 unspecified atom stereocenters. The lowest BCUT2D eigenvalue weighted by Gasteiger charge is -2.18. The number of halogens is 1. The number of aryl methyl sites for hydroxylation is 1. The van der Waals surface area contributed by atoms with E-state index in [0.29, 0.717) is 29.9 Å². The molecule has 7 heteroatoms. The standard InChI is InChI=1S/C18H24N2O4.ClH/c1-11-13-6-5-12(23-4)9-15(13)24-17(22)14(11)7-8-16(21)20-10-18(2,3)19;/h5-6,9H,7-8,10,19H2,1-4H3,(H,20,21);1H. The van der Waals surface area contributed by atoms with E-state index in [4.69, 9.17) is 14.9 Å². The Morgan fingerprint density at radius 1 is 1.36 bits per heavy atom. The SMILES string of the molecule is COc1ccc2c(C)c(CCC(=O)NCC(C)(C)N)c(=O)oc2c1.Cl. The van der Waals surface area contributed by atoms with Crippen molar-refractivity contribution in [2.24, 2.45) is 5.73 Å². The summed E-state index contributed by atoms with van der Waals surface area (Å²) >= 11 is 0. The Hall–Kier alpha value is -2.05. The summed E-state index contributed by atoms with van der Waals surface area (Å²) in [6, 6.07) is 5.35. The monoisotopic (exact) mass is 368 g/mol. The first-order chi connectivity index (χ1) is 11.2. The third-order valence-electron chi connectivity index (χ3n) is 3.84. The second kappa shape index (κ2) is 8.36. The van der Waals surface area contributed by atoms with E-state index in [1.54, 1.807) is 13.2 Å². The Morgan fingerprint density at radius 3 is 2.64 bits per heavy atom. The van der Waals surface area contributed by atoms with Crippen LogP contribution >= 0.6 is 12.4 Å². The molecule has 0 spiro atoms. The van der Waals surface area contributed by atoms with Gasteiger partial charge in [-0.1, -0.05) is 0 Å². The number of carbonyl (C=O) groups excluding carboxylic acids is 1. The minimum atomic E-state index is -0.466. The van der Waals surface area contributed by atoms with Crippen LogP contribution in [0.25, 0.3) is 11.0 Å². The normalized spacial score (nSPS) is 11.1. The molecule has 138 valence electrons. The Morgan fingerprint density at radius 2 is 2.04 bits per heavy atom. The number of amides is 1. The fraction of sp³-hybridized carbons (Fsp3) is 0.444. The molecule has 0 bridgehead atoms. The maximum atomic E-state index is 12.2. The van der Waals surface area contributed by atoms with Crippen LogP contribution in [0.1, 0.15) is 31.4 Å². The highest BCUT2D eigenvalue weighted by Gasteiger charge is 2.15. The van der Waals surface area contributed by atoms with E-state index < -0.39 is 11.2 Å². The number of methoxy groups -OCH3 is 1. The van der Waals surface area contributed by atoms with Crippen LogP contribution in [0.15, 0.2) is 27.4 Å². The molecule has 25 heavy (non-hydrogen) atoms. The van der Waals surface area contributed by atoms with Gasteiger partial charge >= 0.3 is 5.63 Å². The zero-order chi connectivity index (χ0) is 17.9. The molecule has 1 amide bonds. The molecule has 0 aliphatic rings. The number of fused-ring (bicyclic) bond motifs is 1. The average molecular weight is 369 g/mol. The molecule has 0 saturated carbocycles. The van der Waals surface area contributed by atoms with Crippen molar-refractivity contribution in [2.45, 2.75) is 39.2 Å². The van der Waals surface area contributed by atoms with Gasteiger partial charge in [0, 0.05) is 35.5 Å². The summed E-state index contributed by atoms with van der Waals surface area (Å²) in [7, 11) is 1.56. The first-order valence-corrected chi connectivity index (χ1v) is 7.87. The van der Waals surface area contributed by atoms with Crippen LogP contribution in [0.3, 0.4) is 0 Å². The first-order valence-electron chi connectivity index (χ1n) is 7.87. The van der Waals surface area contributed by atoms with Gasteiger partial charge in [-0.3, -0.25) is 4.79 Å². The Balaban J connectivity index is 0.00000312. The molecule has 1 aromatic heterocycles. The van der Waals surface area contributed by atoms with E-state index >= 15 is 0 Å². The van der Waals surface area contributed by atoms with Gasteiger partial charge in [-0.15, -0.1) is 12.4 Å². The largest absolute Gasteiger partial charge is 0.497 e. The molecule has 0 aliphatic carbocycles. The van der Waals surface area contributed by atoms with Crippen molar-refractivity contribution in [3.63, 3.8) is 0 Å². The predicted molar refractivity (Wildman–Crippen MR) is 101 cm³/mol. The summed E-state index contributed by atoms with van der Waals surface area (Å²) in [6.07, 6.45) is 0.538. The van der Waals surface area contributed by atoms with Gasteiger partial charge in [0.25, 0.3) is 0 Å². The van der Waals surface area contributed by atoms with E-state index in [1.165, 1.54) is 0 Å². The fourth-order valence-corrected chi connectivity index (χ4v) is 2.44. The fourth-order valence-electron chi connectivity index (χ4n) is 2.44. The predicted octanol–water partition coefficient (Wildman–Crippen LogP) is 2.32. The molecule has 2 rings (SSSR count). The molecule has 0 radical (unpaired) electrons. The highest BCUT2D eigenvalue weighted by atomic mass is 35.5. The van der Waals surface area contributed by atoms with Crippen molar-refractivity contribution in [1.29, 1.82) is 0 Å². The summed E-state index contributed by atoms with van der Waals surface area (Å²) in [4.78, 5) is 24.1. The van der Waals surface area contributed by atoms with Gasteiger partial charge in [-0.25, -0.2) is 4.79 Å². The summed E-state index contributed by atoms with van der Waals surface area (Å²) in [5, 5.41) is 3.61. The third-order valence-corrected chi connectivity index (χ3v) is 3.84. The molecule has 0 aliphatic heterocycles. The number of nitrogens with two attached hydrogens (primary N) is 1. The molecule has 1 aromatic carbocycles. The van der Waals surface area contributed by atoms with Crippen LogP contribution in [-0.4, -0.2) is 25.1 Å². The van der Waals surface area contributed by atoms with Crippen LogP contribution in [0, 0.1) is 6.92 Å². The van der Waals surface area contributed by atoms with Crippen molar-refractivity contribution in [3.8, 4) is 5.75 Å². The quantitative estimate of drug-likeness (QED) is 0.763. The summed E-state index contributed by atoms with van der Waals surface area (Å²) in [5.41, 5.74) is 6.79. The second-order valence-corrected chi connectivity index (χ2v) is 6.62. The summed E-state index contributed by atoms with van der Waals surface area (Å²) in [6.45, 7) is 5.92. The van der Waals surface area contributed by atoms with Crippen LogP contribution in [-0.2, 0) is 11.2 Å². The number of hydrogen-bond acceptors (Lipinski definition) is 5. The van der Waals surface area contributed by atoms with Gasteiger partial charge in [-0.2, -0.15) is 0 Å². The van der Waals surface area contributed by atoms with Gasteiger partial charge in [0.15, 0.2) is 0 Å². The van der Waals surface area contributed by atoms with E-state index in [2.05, 4.69) is 5.32 Å². The van der Waals surface area contributed by atoms with E-state index in [0.717, 1.165) is 10.9 Å². The van der Waals surface area contributed by atoms with Crippen molar-refractivity contribution in [2.75, 3.05) is 13.7 Å². The lowest BCUT2D eigenvalue weighted by Crippen LogP contribution is -2.45. The van der Waals surface area contributed by atoms with Crippen molar-refractivity contribution >= 4 is 29.3 Å². The molecule has 1 heterocycles. The molecule has 2 aromatic rings. The van der Waals surface area contributed by atoms with Gasteiger partial charge in [0.2, 0.25) is 5.91 Å². The number of rotatable bonds is 6. The van der Waals surface area contributed by atoms with Crippen LogP contribution in [0.5, 0.6) is 5.75 Å². The summed E-state index contributed by atoms with van der Waals surface area (Å²) < 4.78 is 10.5. The van der Waals surface area contributed by atoms with Crippen molar-refractivity contribution in [3.05, 3.63) is 39.7 Å². The number of carbonyl (C=O) groups is 1. The number of nitrogens with one attached hydrogen (secondary N) is 1. The number of benzene rings is 1. The lowest BCUT2D eigenvalue weighted by atomic mass is 10.0. The van der Waals surface area contributed by atoms with Crippen LogP contribution < -0.4 is 21.4 Å². The van der Waals surface area contributed by atoms with Crippen molar-refractivity contribution in [1.82, 2.24) is 5.32 Å². The van der Waals surface area contributed by atoms with Gasteiger partial charge < -0.3 is 20.2 Å². The zero-order valence-corrected chi connectivity index (χ0v) is 15.8. The smallest absolute Gasteiger partial charge is 0.339 e. The molecule has 0 saturated heterocycles. The molecular weight excluding hydrogens is 344 g/mol. The lowest BCUT2D eigenvalue weighted by molar-refractivity contribution is -0.121. The Kier molecular flexibility index (Phi) is 7.02. The molecule has 0 atom stereocenters. The maximum absolute atomic E-state index is 12.2. The Labute approximate surface area is 153 Å². The number of ether oxygens (including phenoxy) is 1. The highest BCUT2D eigenvalue weighted by Crippen LogP contribution is 2.24. The second-order valence-electron chi connectivity index (χ2n) is 6.62. The van der Waals surface area contributed by atoms with Gasteiger partial charge in [0.1, 0.15) is 11.3 Å². The summed E-state index contributed by atoms with van der Waals surface area (Å²) in [5.74, 6) is 0.490. The molecule has 6 nitrogen and oxygen atoms in total. The van der Waals surface area contributed by atoms with E-state index in [9.17, 15) is 9.59 Å². The minimum absolute atomic E-state index is 0. The average Bonchev–Trinajstić information content (AvgIpc) is 2.51. The minimum Gasteiger partial charge on any atom is -0.497 e. The van der Waals surface area contributed by atoms with Gasteiger partial charge in [-0.05, 0) is 44.9 Å². The van der Waals surface area contributed by atoms with Crippen LogP contribution in [0.4, 0.5) is 0 Å².